The van der Waals surface area contributed by atoms with Crippen LogP contribution in [-0.2, 0) is 21.4 Å². The fraction of sp³-hybridized carbons (Fsp3) is 0.174. The summed E-state index contributed by atoms with van der Waals surface area (Å²) in [6.07, 6.45) is 5.96. The Balaban J connectivity index is 1.73. The Morgan fingerprint density at radius 3 is 2.48 bits per heavy atom. The highest BCUT2D eigenvalue weighted by Gasteiger charge is 2.19. The summed E-state index contributed by atoms with van der Waals surface area (Å²) in [7, 11) is -3.69. The molecule has 0 bridgehead atoms. The second kappa shape index (κ2) is 8.84. The van der Waals surface area contributed by atoms with E-state index >= 15 is 0 Å². The van der Waals surface area contributed by atoms with Gasteiger partial charge in [-0.05, 0) is 71.1 Å². The van der Waals surface area contributed by atoms with Gasteiger partial charge in [-0.1, -0.05) is 13.8 Å². The number of fused-ring (bicyclic) bond motifs is 1. The van der Waals surface area contributed by atoms with Crippen molar-refractivity contribution in [1.29, 1.82) is 0 Å². The standard InChI is InChI=1S/C23H21IN2O3S2/c1-16(2)30-19-4-6-20(7-5-19)31(28,29)26-10-9-17(14-26)22-15-25(11-12-27)23-8-3-18(24)13-21(22)23/h3-10,12-16H,11H2,1-2H3. The molecule has 0 aliphatic heterocycles. The Kier molecular flexibility index (Phi) is 6.32. The SMILES string of the molecule is CC(C)Sc1ccc(S(=O)(=O)n2ccc(-c3cn(CC=O)c4ccc(I)cc34)c2)cc1. The molecule has 0 unspecified atom stereocenters. The van der Waals surface area contributed by atoms with Gasteiger partial charge in [0.2, 0.25) is 0 Å². The van der Waals surface area contributed by atoms with Crippen LogP contribution in [0.1, 0.15) is 13.8 Å². The minimum absolute atomic E-state index is 0.247. The Bertz CT molecular complexity index is 1350. The summed E-state index contributed by atoms with van der Waals surface area (Å²) in [4.78, 5) is 12.4. The molecule has 0 fully saturated rings. The molecule has 2 heterocycles. The van der Waals surface area contributed by atoms with Gasteiger partial charge < -0.3 is 9.36 Å². The van der Waals surface area contributed by atoms with Gasteiger partial charge in [0.15, 0.2) is 0 Å². The van der Waals surface area contributed by atoms with Crippen molar-refractivity contribution in [2.45, 2.75) is 35.4 Å². The first kappa shape index (κ1) is 22.2. The van der Waals surface area contributed by atoms with Crippen molar-refractivity contribution in [2.24, 2.45) is 0 Å². The van der Waals surface area contributed by atoms with Crippen LogP contribution < -0.4 is 0 Å². The molecule has 0 aliphatic rings. The van der Waals surface area contributed by atoms with Crippen LogP contribution in [0.2, 0.25) is 0 Å². The normalized spacial score (nSPS) is 12.0. The number of thioether (sulfide) groups is 1. The molecule has 31 heavy (non-hydrogen) atoms. The third-order valence-corrected chi connectivity index (χ3v) is 8.20. The lowest BCUT2D eigenvalue weighted by molar-refractivity contribution is -0.108. The maximum atomic E-state index is 13.1. The molecule has 4 aromatic rings. The minimum atomic E-state index is -3.69. The summed E-state index contributed by atoms with van der Waals surface area (Å²) in [5, 5.41) is 1.41. The van der Waals surface area contributed by atoms with Gasteiger partial charge in [0.25, 0.3) is 10.0 Å². The summed E-state index contributed by atoms with van der Waals surface area (Å²) < 4.78 is 30.5. The maximum absolute atomic E-state index is 13.1. The Morgan fingerprint density at radius 1 is 1.06 bits per heavy atom. The highest BCUT2D eigenvalue weighted by molar-refractivity contribution is 14.1. The summed E-state index contributed by atoms with van der Waals surface area (Å²) in [6.45, 7) is 4.45. The molecule has 0 saturated heterocycles. The van der Waals surface area contributed by atoms with E-state index in [0.29, 0.717) is 5.25 Å². The number of aldehydes is 1. The molecule has 0 radical (unpaired) electrons. The number of hydrogen-bond donors (Lipinski definition) is 0. The molecule has 0 amide bonds. The van der Waals surface area contributed by atoms with Gasteiger partial charge in [0.05, 0.1) is 11.4 Å². The topological polar surface area (TPSA) is 61.1 Å². The van der Waals surface area contributed by atoms with Crippen LogP contribution in [-0.4, -0.2) is 28.5 Å². The third kappa shape index (κ3) is 4.47. The lowest BCUT2D eigenvalue weighted by atomic mass is 10.1. The smallest absolute Gasteiger partial charge is 0.267 e. The van der Waals surface area contributed by atoms with Gasteiger partial charge in [0.1, 0.15) is 6.29 Å². The van der Waals surface area contributed by atoms with E-state index in [9.17, 15) is 13.2 Å². The zero-order chi connectivity index (χ0) is 22.2. The summed E-state index contributed by atoms with van der Waals surface area (Å²) >= 11 is 3.94. The first-order valence-corrected chi connectivity index (χ1v) is 13.1. The molecule has 160 valence electrons. The zero-order valence-electron chi connectivity index (χ0n) is 17.0. The van der Waals surface area contributed by atoms with E-state index in [4.69, 9.17) is 0 Å². The van der Waals surface area contributed by atoms with Crippen LogP contribution in [0.25, 0.3) is 22.0 Å². The van der Waals surface area contributed by atoms with E-state index in [1.54, 1.807) is 42.4 Å². The Hall–Kier alpha value is -2.04. The van der Waals surface area contributed by atoms with Crippen molar-refractivity contribution < 1.29 is 13.2 Å². The largest absolute Gasteiger partial charge is 0.340 e. The molecule has 0 N–H and O–H groups in total. The third-order valence-electron chi connectivity index (χ3n) is 4.86. The van der Waals surface area contributed by atoms with Crippen LogP contribution in [0, 0.1) is 3.57 Å². The number of hydrogen-bond acceptors (Lipinski definition) is 4. The molecule has 0 aliphatic carbocycles. The highest BCUT2D eigenvalue weighted by Crippen LogP contribution is 2.33. The van der Waals surface area contributed by atoms with Gasteiger partial charge in [-0.2, -0.15) is 0 Å². The molecule has 5 nitrogen and oxygen atoms in total. The minimum Gasteiger partial charge on any atom is -0.340 e. The Morgan fingerprint density at radius 2 is 1.81 bits per heavy atom. The summed E-state index contributed by atoms with van der Waals surface area (Å²) in [5.41, 5.74) is 2.62. The number of rotatable bonds is 7. The lowest BCUT2D eigenvalue weighted by Crippen LogP contribution is -2.10. The monoisotopic (exact) mass is 564 g/mol. The molecular formula is C23H21IN2O3S2. The van der Waals surface area contributed by atoms with Gasteiger partial charge in [-0.3, -0.25) is 0 Å². The van der Waals surface area contributed by atoms with E-state index in [0.717, 1.165) is 36.8 Å². The number of nitrogens with zero attached hydrogens (tertiary/aromatic N) is 2. The van der Waals surface area contributed by atoms with Gasteiger partial charge in [-0.15, -0.1) is 11.8 Å². The van der Waals surface area contributed by atoms with Gasteiger partial charge in [-0.25, -0.2) is 12.4 Å². The fourth-order valence-electron chi connectivity index (χ4n) is 3.50. The first-order chi connectivity index (χ1) is 14.8. The van der Waals surface area contributed by atoms with Crippen molar-refractivity contribution in [3.8, 4) is 11.1 Å². The fourth-order valence-corrected chi connectivity index (χ4v) is 6.03. The number of carbonyl (C=O) groups excluding carboxylic acids is 1. The van der Waals surface area contributed by atoms with Crippen LogP contribution in [0.4, 0.5) is 0 Å². The molecular weight excluding hydrogens is 543 g/mol. The van der Waals surface area contributed by atoms with Gasteiger partial charge >= 0.3 is 0 Å². The van der Waals surface area contributed by atoms with Crippen LogP contribution in [0.3, 0.4) is 0 Å². The molecule has 2 aromatic heterocycles. The Labute approximate surface area is 199 Å². The second-order valence-corrected chi connectivity index (χ2v) is 12.1. The highest BCUT2D eigenvalue weighted by atomic mass is 127. The van der Waals surface area contributed by atoms with E-state index in [1.807, 2.05) is 41.1 Å². The number of benzene rings is 2. The predicted molar refractivity (Wildman–Crippen MR) is 134 cm³/mol. The first-order valence-electron chi connectivity index (χ1n) is 9.72. The molecule has 8 heteroatoms. The van der Waals surface area contributed by atoms with Crippen molar-refractivity contribution in [2.75, 3.05) is 0 Å². The number of halogens is 1. The van der Waals surface area contributed by atoms with Crippen molar-refractivity contribution in [3.05, 3.63) is 70.7 Å². The summed E-state index contributed by atoms with van der Waals surface area (Å²) in [6, 6.07) is 14.8. The molecule has 2 aromatic carbocycles. The van der Waals surface area contributed by atoms with E-state index in [-0.39, 0.29) is 11.4 Å². The summed E-state index contributed by atoms with van der Waals surface area (Å²) in [5.74, 6) is 0. The van der Waals surface area contributed by atoms with Crippen molar-refractivity contribution in [1.82, 2.24) is 8.54 Å². The molecule has 4 rings (SSSR count). The molecule has 0 saturated carbocycles. The number of carbonyl (C=O) groups is 1. The average Bonchev–Trinajstić information content (AvgIpc) is 3.34. The van der Waals surface area contributed by atoms with E-state index in [1.165, 1.54) is 3.97 Å². The lowest BCUT2D eigenvalue weighted by Gasteiger charge is -2.08. The van der Waals surface area contributed by atoms with Crippen LogP contribution in [0.5, 0.6) is 0 Å². The van der Waals surface area contributed by atoms with Crippen LogP contribution >= 0.6 is 34.4 Å². The average molecular weight is 564 g/mol. The van der Waals surface area contributed by atoms with Gasteiger partial charge in [0, 0.05) is 54.3 Å². The van der Waals surface area contributed by atoms with Crippen LogP contribution in [0.15, 0.2) is 76.9 Å². The van der Waals surface area contributed by atoms with E-state index < -0.39 is 10.0 Å². The van der Waals surface area contributed by atoms with E-state index in [2.05, 4.69) is 36.4 Å². The number of aromatic nitrogens is 2. The maximum Gasteiger partial charge on any atom is 0.267 e. The second-order valence-electron chi connectivity index (χ2n) is 7.40. The predicted octanol–water partition coefficient (Wildman–Crippen LogP) is 5.65. The quantitative estimate of drug-likeness (QED) is 0.165. The molecule has 0 spiro atoms. The molecule has 0 atom stereocenters. The van der Waals surface area contributed by atoms with Crippen molar-refractivity contribution in [3.63, 3.8) is 0 Å². The van der Waals surface area contributed by atoms with Crippen molar-refractivity contribution >= 4 is 61.6 Å². The zero-order valence-corrected chi connectivity index (χ0v) is 20.8.